The van der Waals surface area contributed by atoms with E-state index in [4.69, 9.17) is 4.74 Å². The Labute approximate surface area is 89.4 Å². The quantitative estimate of drug-likeness (QED) is 0.813. The third-order valence-corrected chi connectivity index (χ3v) is 2.80. The van der Waals surface area contributed by atoms with Gasteiger partial charge in [-0.05, 0) is 25.0 Å². The van der Waals surface area contributed by atoms with E-state index in [0.29, 0.717) is 6.10 Å². The summed E-state index contributed by atoms with van der Waals surface area (Å²) in [4.78, 5) is 11.7. The van der Waals surface area contributed by atoms with Gasteiger partial charge in [-0.3, -0.25) is 4.79 Å². The number of rotatable bonds is 3. The highest BCUT2D eigenvalue weighted by atomic mass is 16.5. The molecule has 1 fully saturated rings. The molecule has 3 nitrogen and oxygen atoms in total. The fourth-order valence-corrected chi connectivity index (χ4v) is 1.73. The van der Waals surface area contributed by atoms with E-state index < -0.39 is 0 Å². The first kappa shape index (κ1) is 10.2. The number of carbonyl (C=O) groups is 1. The lowest BCUT2D eigenvalue weighted by Crippen LogP contribution is -2.47. The van der Waals surface area contributed by atoms with E-state index in [1.807, 2.05) is 30.3 Å². The van der Waals surface area contributed by atoms with Crippen molar-refractivity contribution < 1.29 is 9.53 Å². The Hall–Kier alpha value is -1.35. The molecule has 0 bridgehead atoms. The number of hydrogen-bond donors (Lipinski definition) is 1. The molecule has 0 unspecified atom stereocenters. The van der Waals surface area contributed by atoms with Crippen molar-refractivity contribution in [2.24, 2.45) is 0 Å². The Kier molecular flexibility index (Phi) is 3.02. The molecule has 1 saturated carbocycles. The lowest BCUT2D eigenvalue weighted by atomic mass is 9.89. The smallest absolute Gasteiger partial charge is 0.251 e. The van der Waals surface area contributed by atoms with Gasteiger partial charge in [0.05, 0.1) is 6.10 Å². The van der Waals surface area contributed by atoms with Crippen molar-refractivity contribution in [3.05, 3.63) is 35.9 Å². The number of carbonyl (C=O) groups excluding carboxylic acids is 1. The van der Waals surface area contributed by atoms with Crippen LogP contribution in [0.5, 0.6) is 0 Å². The first-order valence-corrected chi connectivity index (χ1v) is 5.18. The van der Waals surface area contributed by atoms with Crippen LogP contribution < -0.4 is 5.32 Å². The van der Waals surface area contributed by atoms with Gasteiger partial charge < -0.3 is 10.1 Å². The third kappa shape index (κ3) is 2.36. The van der Waals surface area contributed by atoms with Crippen molar-refractivity contribution in [3.63, 3.8) is 0 Å². The molecule has 1 N–H and O–H groups in total. The van der Waals surface area contributed by atoms with E-state index in [2.05, 4.69) is 5.32 Å². The van der Waals surface area contributed by atoms with E-state index >= 15 is 0 Å². The van der Waals surface area contributed by atoms with Crippen LogP contribution in [0.2, 0.25) is 0 Å². The van der Waals surface area contributed by atoms with Gasteiger partial charge in [0, 0.05) is 18.7 Å². The molecule has 1 aliphatic carbocycles. The van der Waals surface area contributed by atoms with Crippen molar-refractivity contribution in [1.29, 1.82) is 0 Å². The van der Waals surface area contributed by atoms with E-state index in [1.165, 1.54) is 0 Å². The number of methoxy groups -OCH3 is 1. The summed E-state index contributed by atoms with van der Waals surface area (Å²) in [6, 6.07) is 9.56. The summed E-state index contributed by atoms with van der Waals surface area (Å²) in [7, 11) is 1.71. The predicted molar refractivity (Wildman–Crippen MR) is 57.7 cm³/mol. The SMILES string of the molecule is COC1CC(NC(=O)c2ccccc2)C1. The van der Waals surface area contributed by atoms with Gasteiger partial charge in [-0.25, -0.2) is 0 Å². The minimum Gasteiger partial charge on any atom is -0.381 e. The van der Waals surface area contributed by atoms with Crippen LogP contribution in [0.15, 0.2) is 30.3 Å². The standard InChI is InChI=1S/C12H15NO2/c1-15-11-7-10(8-11)13-12(14)9-5-3-2-4-6-9/h2-6,10-11H,7-8H2,1H3,(H,13,14). The minimum absolute atomic E-state index is 0.00940. The molecule has 80 valence electrons. The van der Waals surface area contributed by atoms with Crippen LogP contribution in [0.4, 0.5) is 0 Å². The molecule has 0 spiro atoms. The second-order valence-corrected chi connectivity index (χ2v) is 3.87. The van der Waals surface area contributed by atoms with Gasteiger partial charge >= 0.3 is 0 Å². The summed E-state index contributed by atoms with van der Waals surface area (Å²) in [5, 5.41) is 2.98. The van der Waals surface area contributed by atoms with E-state index in [-0.39, 0.29) is 11.9 Å². The maximum atomic E-state index is 11.7. The summed E-state index contributed by atoms with van der Waals surface area (Å²) in [5.41, 5.74) is 0.721. The fourth-order valence-electron chi connectivity index (χ4n) is 1.73. The van der Waals surface area contributed by atoms with Crippen LogP contribution >= 0.6 is 0 Å². The zero-order valence-electron chi connectivity index (χ0n) is 8.77. The molecule has 2 rings (SSSR count). The van der Waals surface area contributed by atoms with E-state index in [0.717, 1.165) is 18.4 Å². The monoisotopic (exact) mass is 205 g/mol. The van der Waals surface area contributed by atoms with Crippen molar-refractivity contribution in [1.82, 2.24) is 5.32 Å². The molecular formula is C12H15NO2. The average Bonchev–Trinajstić information content (AvgIpc) is 2.23. The molecule has 15 heavy (non-hydrogen) atoms. The van der Waals surface area contributed by atoms with Gasteiger partial charge in [-0.15, -0.1) is 0 Å². The van der Waals surface area contributed by atoms with Gasteiger partial charge in [0.25, 0.3) is 5.91 Å². The highest BCUT2D eigenvalue weighted by Crippen LogP contribution is 2.22. The van der Waals surface area contributed by atoms with Crippen LogP contribution in [0, 0.1) is 0 Å². The summed E-state index contributed by atoms with van der Waals surface area (Å²) in [6.45, 7) is 0. The minimum atomic E-state index is 0.00940. The third-order valence-electron chi connectivity index (χ3n) is 2.80. The maximum absolute atomic E-state index is 11.7. The van der Waals surface area contributed by atoms with Crippen LogP contribution in [-0.2, 0) is 4.74 Å². The molecule has 1 aromatic carbocycles. The zero-order chi connectivity index (χ0) is 10.7. The number of hydrogen-bond acceptors (Lipinski definition) is 2. The largest absolute Gasteiger partial charge is 0.381 e. The molecule has 0 atom stereocenters. The number of ether oxygens (including phenoxy) is 1. The predicted octanol–water partition coefficient (Wildman–Crippen LogP) is 1.59. The summed E-state index contributed by atoms with van der Waals surface area (Å²) in [5.74, 6) is 0.00940. The Balaban J connectivity index is 1.84. The van der Waals surface area contributed by atoms with Gasteiger partial charge in [-0.2, -0.15) is 0 Å². The molecule has 3 heteroatoms. The van der Waals surface area contributed by atoms with Crippen molar-refractivity contribution >= 4 is 5.91 Å². The van der Waals surface area contributed by atoms with E-state index in [9.17, 15) is 4.79 Å². The summed E-state index contributed by atoms with van der Waals surface area (Å²) >= 11 is 0. The normalized spacial score (nSPS) is 24.3. The highest BCUT2D eigenvalue weighted by Gasteiger charge is 2.30. The first-order chi connectivity index (χ1) is 7.29. The highest BCUT2D eigenvalue weighted by molar-refractivity contribution is 5.94. The lowest BCUT2D eigenvalue weighted by Gasteiger charge is -2.34. The maximum Gasteiger partial charge on any atom is 0.251 e. The molecule has 1 aromatic rings. The Morgan fingerprint density at radius 2 is 2.00 bits per heavy atom. The van der Waals surface area contributed by atoms with Crippen molar-refractivity contribution in [2.45, 2.75) is 25.0 Å². The molecule has 0 heterocycles. The van der Waals surface area contributed by atoms with Crippen LogP contribution in [-0.4, -0.2) is 25.2 Å². The van der Waals surface area contributed by atoms with Crippen LogP contribution in [0.1, 0.15) is 23.2 Å². The number of nitrogens with one attached hydrogen (secondary N) is 1. The second kappa shape index (κ2) is 4.45. The number of benzene rings is 1. The second-order valence-electron chi connectivity index (χ2n) is 3.87. The first-order valence-electron chi connectivity index (χ1n) is 5.18. The van der Waals surface area contributed by atoms with E-state index in [1.54, 1.807) is 7.11 Å². The number of amides is 1. The topological polar surface area (TPSA) is 38.3 Å². The Bertz CT molecular complexity index is 331. The van der Waals surface area contributed by atoms with Gasteiger partial charge in [0.2, 0.25) is 0 Å². The van der Waals surface area contributed by atoms with Gasteiger partial charge in [-0.1, -0.05) is 18.2 Å². The molecule has 0 saturated heterocycles. The van der Waals surface area contributed by atoms with Gasteiger partial charge in [0.15, 0.2) is 0 Å². The van der Waals surface area contributed by atoms with Crippen molar-refractivity contribution in [3.8, 4) is 0 Å². The summed E-state index contributed by atoms with van der Waals surface area (Å²) in [6.07, 6.45) is 2.18. The molecule has 0 aliphatic heterocycles. The zero-order valence-corrected chi connectivity index (χ0v) is 8.77. The molecular weight excluding hydrogens is 190 g/mol. The summed E-state index contributed by atoms with van der Waals surface area (Å²) < 4.78 is 5.15. The average molecular weight is 205 g/mol. The van der Waals surface area contributed by atoms with Gasteiger partial charge in [0.1, 0.15) is 0 Å². The molecule has 0 radical (unpaired) electrons. The Morgan fingerprint density at radius 1 is 1.33 bits per heavy atom. The Morgan fingerprint density at radius 3 is 2.60 bits per heavy atom. The molecule has 1 amide bonds. The van der Waals surface area contributed by atoms with Crippen molar-refractivity contribution in [2.75, 3.05) is 7.11 Å². The van der Waals surface area contributed by atoms with Crippen LogP contribution in [0.3, 0.4) is 0 Å². The van der Waals surface area contributed by atoms with Crippen LogP contribution in [0.25, 0.3) is 0 Å². The molecule has 1 aliphatic rings. The molecule has 0 aromatic heterocycles. The fraction of sp³-hybridized carbons (Fsp3) is 0.417. The lowest BCUT2D eigenvalue weighted by molar-refractivity contribution is 0.0176.